The first-order valence-electron chi connectivity index (χ1n) is 4.32. The average molecular weight is 262 g/mol. The molecule has 0 aliphatic carbocycles. The number of hydrogen-bond acceptors (Lipinski definition) is 2. The van der Waals surface area contributed by atoms with Gasteiger partial charge in [0.1, 0.15) is 11.6 Å². The zero-order chi connectivity index (χ0) is 10.7. The minimum absolute atomic E-state index is 0.0289. The van der Waals surface area contributed by atoms with Gasteiger partial charge in [0.15, 0.2) is 0 Å². The molecule has 78 valence electrons. The Morgan fingerprint density at radius 1 is 1.57 bits per heavy atom. The Kier molecular flexibility index (Phi) is 3.89. The lowest BCUT2D eigenvalue weighted by Crippen LogP contribution is -2.18. The van der Waals surface area contributed by atoms with Crippen LogP contribution in [0.25, 0.3) is 0 Å². The normalized spacial score (nSPS) is 12.6. The number of methoxy groups -OCH3 is 1. The Morgan fingerprint density at radius 2 is 2.21 bits per heavy atom. The first kappa shape index (κ1) is 11.5. The van der Waals surface area contributed by atoms with Gasteiger partial charge in [0.05, 0.1) is 11.6 Å². The van der Waals surface area contributed by atoms with Crippen LogP contribution >= 0.6 is 15.9 Å². The molecule has 0 aliphatic heterocycles. The number of nitrogens with two attached hydrogens (primary N) is 1. The second-order valence-corrected chi connectivity index (χ2v) is 4.03. The number of ether oxygens (including phenoxy) is 1. The highest BCUT2D eigenvalue weighted by Crippen LogP contribution is 2.31. The fraction of sp³-hybridized carbons (Fsp3) is 0.400. The summed E-state index contributed by atoms with van der Waals surface area (Å²) in [5.74, 6) is 0.206. The molecule has 14 heavy (non-hydrogen) atoms. The van der Waals surface area contributed by atoms with Gasteiger partial charge in [-0.1, -0.05) is 6.07 Å². The summed E-state index contributed by atoms with van der Waals surface area (Å²) in [7, 11) is 1.52. The average Bonchev–Trinajstić information content (AvgIpc) is 2.11. The van der Waals surface area contributed by atoms with Crippen molar-refractivity contribution in [3.63, 3.8) is 0 Å². The van der Waals surface area contributed by atoms with Gasteiger partial charge in [0.25, 0.3) is 0 Å². The number of benzene rings is 1. The van der Waals surface area contributed by atoms with Crippen LogP contribution in [0.5, 0.6) is 5.75 Å². The Balaban J connectivity index is 3.10. The molecule has 2 N–H and O–H groups in total. The van der Waals surface area contributed by atoms with Crippen LogP contribution in [-0.2, 0) is 6.42 Å². The molecule has 1 rings (SSSR count). The van der Waals surface area contributed by atoms with E-state index in [9.17, 15) is 4.39 Å². The monoisotopic (exact) mass is 261 g/mol. The minimum atomic E-state index is -0.324. The van der Waals surface area contributed by atoms with E-state index < -0.39 is 0 Å². The third-order valence-corrected chi connectivity index (χ3v) is 2.62. The number of halogens is 2. The molecule has 0 spiro atoms. The summed E-state index contributed by atoms with van der Waals surface area (Å²) in [5.41, 5.74) is 6.58. The van der Waals surface area contributed by atoms with Crippen molar-refractivity contribution in [1.82, 2.24) is 0 Å². The molecule has 0 saturated heterocycles. The Morgan fingerprint density at radius 3 is 2.71 bits per heavy atom. The Labute approximate surface area is 91.4 Å². The van der Waals surface area contributed by atoms with Crippen molar-refractivity contribution < 1.29 is 9.13 Å². The fourth-order valence-electron chi connectivity index (χ4n) is 1.30. The summed E-state index contributed by atoms with van der Waals surface area (Å²) < 4.78 is 18.6. The van der Waals surface area contributed by atoms with Gasteiger partial charge in [0.2, 0.25) is 0 Å². The van der Waals surface area contributed by atoms with Gasteiger partial charge in [-0.2, -0.15) is 0 Å². The predicted molar refractivity (Wildman–Crippen MR) is 58.0 cm³/mol. The molecular weight excluding hydrogens is 249 g/mol. The van der Waals surface area contributed by atoms with Crippen LogP contribution in [0.4, 0.5) is 4.39 Å². The lowest BCUT2D eigenvalue weighted by molar-refractivity contribution is 0.401. The minimum Gasteiger partial charge on any atom is -0.495 e. The molecular formula is C10H13BrFNO. The second-order valence-electron chi connectivity index (χ2n) is 3.24. The second kappa shape index (κ2) is 4.75. The fourth-order valence-corrected chi connectivity index (χ4v) is 1.85. The summed E-state index contributed by atoms with van der Waals surface area (Å²) in [6, 6.07) is 3.13. The van der Waals surface area contributed by atoms with Crippen LogP contribution in [-0.4, -0.2) is 13.2 Å². The number of rotatable bonds is 3. The molecule has 0 amide bonds. The van der Waals surface area contributed by atoms with Gasteiger partial charge in [-0.25, -0.2) is 4.39 Å². The smallest absolute Gasteiger partial charge is 0.141 e. The molecule has 0 radical (unpaired) electrons. The summed E-state index contributed by atoms with van der Waals surface area (Å²) in [6.45, 7) is 1.90. The highest BCUT2D eigenvalue weighted by Gasteiger charge is 2.12. The van der Waals surface area contributed by atoms with Gasteiger partial charge in [-0.05, 0) is 40.9 Å². The van der Waals surface area contributed by atoms with Crippen molar-refractivity contribution in [2.75, 3.05) is 7.11 Å². The molecule has 4 heteroatoms. The Bertz CT molecular complexity index is 328. The van der Waals surface area contributed by atoms with E-state index in [1.165, 1.54) is 13.2 Å². The van der Waals surface area contributed by atoms with Crippen molar-refractivity contribution in [1.29, 1.82) is 0 Å². The van der Waals surface area contributed by atoms with Gasteiger partial charge in [0, 0.05) is 6.04 Å². The van der Waals surface area contributed by atoms with E-state index in [-0.39, 0.29) is 11.9 Å². The topological polar surface area (TPSA) is 35.2 Å². The summed E-state index contributed by atoms with van der Waals surface area (Å²) in [4.78, 5) is 0. The first-order valence-corrected chi connectivity index (χ1v) is 5.12. The van der Waals surface area contributed by atoms with Crippen LogP contribution in [0.15, 0.2) is 16.6 Å². The molecule has 0 fully saturated rings. The van der Waals surface area contributed by atoms with Gasteiger partial charge in [-0.15, -0.1) is 0 Å². The molecule has 0 bridgehead atoms. The largest absolute Gasteiger partial charge is 0.495 e. The lowest BCUT2D eigenvalue weighted by atomic mass is 10.1. The van der Waals surface area contributed by atoms with E-state index in [2.05, 4.69) is 15.9 Å². The maximum absolute atomic E-state index is 13.1. The summed E-state index contributed by atoms with van der Waals surface area (Å²) >= 11 is 3.14. The zero-order valence-corrected chi connectivity index (χ0v) is 9.77. The predicted octanol–water partition coefficient (Wildman–Crippen LogP) is 2.49. The molecule has 2 nitrogen and oxygen atoms in total. The SMILES string of the molecule is COc1c(CC(C)N)ccc(F)c1Br. The summed E-state index contributed by atoms with van der Waals surface area (Å²) in [6.07, 6.45) is 0.669. The van der Waals surface area contributed by atoms with E-state index in [4.69, 9.17) is 10.5 Å². The molecule has 0 heterocycles. The third-order valence-electron chi connectivity index (χ3n) is 1.88. The highest BCUT2D eigenvalue weighted by molar-refractivity contribution is 9.10. The van der Waals surface area contributed by atoms with Crippen LogP contribution < -0.4 is 10.5 Å². The van der Waals surface area contributed by atoms with E-state index in [1.807, 2.05) is 6.92 Å². The van der Waals surface area contributed by atoms with E-state index in [0.29, 0.717) is 16.6 Å². The van der Waals surface area contributed by atoms with Crippen molar-refractivity contribution >= 4 is 15.9 Å². The summed E-state index contributed by atoms with van der Waals surface area (Å²) in [5, 5.41) is 0. The highest BCUT2D eigenvalue weighted by atomic mass is 79.9. The van der Waals surface area contributed by atoms with Gasteiger partial charge < -0.3 is 10.5 Å². The van der Waals surface area contributed by atoms with Crippen LogP contribution in [0.1, 0.15) is 12.5 Å². The van der Waals surface area contributed by atoms with Crippen molar-refractivity contribution in [3.05, 3.63) is 28.0 Å². The van der Waals surface area contributed by atoms with Crippen LogP contribution in [0, 0.1) is 5.82 Å². The lowest BCUT2D eigenvalue weighted by Gasteiger charge is -2.12. The zero-order valence-electron chi connectivity index (χ0n) is 8.18. The van der Waals surface area contributed by atoms with E-state index in [0.717, 1.165) is 5.56 Å². The number of hydrogen-bond donors (Lipinski definition) is 1. The quantitative estimate of drug-likeness (QED) is 0.908. The van der Waals surface area contributed by atoms with E-state index >= 15 is 0 Å². The maximum atomic E-state index is 13.1. The molecule has 1 atom stereocenters. The molecule has 0 saturated carbocycles. The molecule has 1 aromatic rings. The van der Waals surface area contributed by atoms with Gasteiger partial charge in [-0.3, -0.25) is 0 Å². The standard InChI is InChI=1S/C10H13BrFNO/c1-6(13)5-7-3-4-8(12)9(11)10(7)14-2/h3-4,6H,5,13H2,1-2H3. The Hall–Kier alpha value is -0.610. The van der Waals surface area contributed by atoms with Gasteiger partial charge >= 0.3 is 0 Å². The maximum Gasteiger partial charge on any atom is 0.141 e. The first-order chi connectivity index (χ1) is 6.56. The van der Waals surface area contributed by atoms with Crippen molar-refractivity contribution in [2.24, 2.45) is 5.73 Å². The van der Waals surface area contributed by atoms with Crippen LogP contribution in [0.2, 0.25) is 0 Å². The van der Waals surface area contributed by atoms with Crippen molar-refractivity contribution in [2.45, 2.75) is 19.4 Å². The van der Waals surface area contributed by atoms with Crippen LogP contribution in [0.3, 0.4) is 0 Å². The molecule has 0 aromatic heterocycles. The van der Waals surface area contributed by atoms with E-state index in [1.54, 1.807) is 6.07 Å². The molecule has 1 unspecified atom stereocenters. The third kappa shape index (κ3) is 2.45. The molecule has 1 aromatic carbocycles. The molecule has 0 aliphatic rings. The van der Waals surface area contributed by atoms with Crippen molar-refractivity contribution in [3.8, 4) is 5.75 Å².